The Kier molecular flexibility index (Phi) is 6.77. The van der Waals surface area contributed by atoms with E-state index in [0.29, 0.717) is 0 Å². The number of thiocarbonyl (C=S) groups is 1. The maximum absolute atomic E-state index is 12.7. The number of carbonyl (C=O) groups excluding carboxylic acids is 1. The predicted molar refractivity (Wildman–Crippen MR) is 141 cm³/mol. The molecule has 1 aliphatic carbocycles. The van der Waals surface area contributed by atoms with Gasteiger partial charge in [-0.3, -0.25) is 20.5 Å². The predicted octanol–water partition coefficient (Wildman–Crippen LogP) is 5.39. The Morgan fingerprint density at radius 2 is 1.75 bits per heavy atom. The van der Waals surface area contributed by atoms with Crippen molar-refractivity contribution < 1.29 is 18.7 Å². The number of methoxy groups -OCH3 is 2. The Hall–Kier alpha value is -4.04. The normalized spacial score (nSPS) is 18.0. The van der Waals surface area contributed by atoms with E-state index in [1.807, 2.05) is 53.5 Å². The number of hydrogen-bond donors (Lipinski definition) is 2. The number of nitrogens with zero attached hydrogens (tertiary/aromatic N) is 1. The van der Waals surface area contributed by atoms with Gasteiger partial charge in [0.15, 0.2) is 10.9 Å². The van der Waals surface area contributed by atoms with Crippen molar-refractivity contribution in [1.29, 1.82) is 0 Å². The molecule has 7 nitrogen and oxygen atoms in total. The molecule has 0 spiro atoms. The summed E-state index contributed by atoms with van der Waals surface area (Å²) in [7, 11) is 3.31. The lowest BCUT2D eigenvalue weighted by Crippen LogP contribution is -2.48. The lowest BCUT2D eigenvalue weighted by Gasteiger charge is -2.29. The van der Waals surface area contributed by atoms with Crippen LogP contribution in [-0.2, 0) is 0 Å². The van der Waals surface area contributed by atoms with E-state index in [9.17, 15) is 4.79 Å². The second-order valence-corrected chi connectivity index (χ2v) is 8.98. The maximum atomic E-state index is 12.7. The van der Waals surface area contributed by atoms with E-state index in [1.54, 1.807) is 26.4 Å². The molecule has 2 aromatic carbocycles. The van der Waals surface area contributed by atoms with Crippen LogP contribution in [0.15, 0.2) is 88.2 Å². The van der Waals surface area contributed by atoms with Crippen LogP contribution in [0.1, 0.15) is 47.0 Å². The fraction of sp³-hybridized carbons (Fsp3) is 0.214. The van der Waals surface area contributed by atoms with Crippen LogP contribution in [0.2, 0.25) is 0 Å². The van der Waals surface area contributed by atoms with E-state index >= 15 is 0 Å². The third-order valence-corrected chi connectivity index (χ3v) is 6.73. The van der Waals surface area contributed by atoms with Gasteiger partial charge in [-0.15, -0.1) is 0 Å². The van der Waals surface area contributed by atoms with Gasteiger partial charge in [0, 0.05) is 0 Å². The van der Waals surface area contributed by atoms with Crippen molar-refractivity contribution >= 4 is 29.3 Å². The molecule has 1 aromatic heterocycles. The highest BCUT2D eigenvalue weighted by atomic mass is 32.1. The molecule has 1 aliphatic heterocycles. The summed E-state index contributed by atoms with van der Waals surface area (Å²) in [6, 6.07) is 19.1. The fourth-order valence-corrected chi connectivity index (χ4v) is 4.90. The molecule has 0 saturated heterocycles. The van der Waals surface area contributed by atoms with Gasteiger partial charge >= 0.3 is 0 Å². The Labute approximate surface area is 215 Å². The molecule has 1 atom stereocenters. The van der Waals surface area contributed by atoms with Gasteiger partial charge in [-0.25, -0.2) is 0 Å². The molecule has 0 saturated carbocycles. The highest BCUT2D eigenvalue weighted by Gasteiger charge is 2.38. The average Bonchev–Trinajstić information content (AvgIpc) is 3.58. The molecule has 5 rings (SSSR count). The van der Waals surface area contributed by atoms with E-state index in [-0.39, 0.29) is 22.8 Å². The molecular formula is C28H27N3O4S. The quantitative estimate of drug-likeness (QED) is 0.454. The van der Waals surface area contributed by atoms with E-state index in [1.165, 1.54) is 17.4 Å². The minimum atomic E-state index is -0.390. The first kappa shape index (κ1) is 23.7. The van der Waals surface area contributed by atoms with Crippen LogP contribution in [0.5, 0.6) is 11.5 Å². The van der Waals surface area contributed by atoms with Crippen LogP contribution in [0.25, 0.3) is 6.08 Å². The number of carbonyl (C=O) groups is 1. The van der Waals surface area contributed by atoms with Crippen molar-refractivity contribution in [3.63, 3.8) is 0 Å². The molecule has 184 valence electrons. The van der Waals surface area contributed by atoms with Crippen molar-refractivity contribution in [2.75, 3.05) is 14.2 Å². The molecular weight excluding hydrogens is 474 g/mol. The Bertz CT molecular complexity index is 1310. The first-order valence-corrected chi connectivity index (χ1v) is 12.1. The van der Waals surface area contributed by atoms with Crippen LogP contribution in [-0.4, -0.2) is 30.2 Å². The molecule has 0 radical (unpaired) electrons. The fourth-order valence-electron chi connectivity index (χ4n) is 4.66. The van der Waals surface area contributed by atoms with Crippen molar-refractivity contribution in [3.05, 3.63) is 101 Å². The minimum Gasteiger partial charge on any atom is -0.497 e. The van der Waals surface area contributed by atoms with Crippen molar-refractivity contribution in [3.8, 4) is 11.5 Å². The van der Waals surface area contributed by atoms with E-state index in [0.717, 1.165) is 47.6 Å². The molecule has 0 unspecified atom stereocenters. The van der Waals surface area contributed by atoms with Gasteiger partial charge in [0.2, 0.25) is 0 Å². The molecule has 36 heavy (non-hydrogen) atoms. The number of rotatable bonds is 5. The smallest absolute Gasteiger partial charge is 0.293 e. The monoisotopic (exact) mass is 501 g/mol. The second-order valence-electron chi connectivity index (χ2n) is 8.59. The molecule has 3 aromatic rings. The van der Waals surface area contributed by atoms with Crippen molar-refractivity contribution in [1.82, 2.24) is 15.8 Å². The van der Waals surface area contributed by atoms with E-state index in [2.05, 4.69) is 16.8 Å². The Morgan fingerprint density at radius 3 is 2.39 bits per heavy atom. The first-order valence-electron chi connectivity index (χ1n) is 11.7. The Balaban J connectivity index is 1.49. The summed E-state index contributed by atoms with van der Waals surface area (Å²) in [5.74, 6) is 1.42. The molecule has 1 amide bonds. The lowest BCUT2D eigenvalue weighted by atomic mass is 9.86. The molecule has 0 bridgehead atoms. The van der Waals surface area contributed by atoms with Gasteiger partial charge in [-0.2, -0.15) is 0 Å². The van der Waals surface area contributed by atoms with Crippen LogP contribution >= 0.6 is 12.2 Å². The zero-order valence-electron chi connectivity index (χ0n) is 20.1. The summed E-state index contributed by atoms with van der Waals surface area (Å²) in [4.78, 5) is 12.7. The third-order valence-electron chi connectivity index (χ3n) is 6.43. The van der Waals surface area contributed by atoms with Gasteiger partial charge in [0.25, 0.3) is 5.91 Å². The second kappa shape index (κ2) is 10.3. The zero-order valence-corrected chi connectivity index (χ0v) is 20.9. The van der Waals surface area contributed by atoms with Gasteiger partial charge in [0.1, 0.15) is 17.5 Å². The Morgan fingerprint density at radius 1 is 1.06 bits per heavy atom. The summed E-state index contributed by atoms with van der Waals surface area (Å²) < 4.78 is 15.9. The van der Waals surface area contributed by atoms with Crippen LogP contribution in [0, 0.1) is 0 Å². The number of benzene rings is 2. The number of ether oxygens (including phenoxy) is 2. The molecule has 0 fully saturated rings. The summed E-state index contributed by atoms with van der Waals surface area (Å²) in [5.41, 5.74) is 9.14. The van der Waals surface area contributed by atoms with Gasteiger partial charge in [0.05, 0.1) is 26.2 Å². The van der Waals surface area contributed by atoms with E-state index in [4.69, 9.17) is 26.1 Å². The van der Waals surface area contributed by atoms with Gasteiger partial charge in [-0.05, 0) is 96.2 Å². The summed E-state index contributed by atoms with van der Waals surface area (Å²) in [6.45, 7) is 0. The van der Waals surface area contributed by atoms with Crippen LogP contribution in [0.4, 0.5) is 0 Å². The number of furan rings is 1. The maximum Gasteiger partial charge on any atom is 0.293 e. The summed E-state index contributed by atoms with van der Waals surface area (Å²) in [5, 5.41) is 4.94. The van der Waals surface area contributed by atoms with Crippen molar-refractivity contribution in [2.24, 2.45) is 0 Å². The highest BCUT2D eigenvalue weighted by molar-refractivity contribution is 7.80. The zero-order chi connectivity index (χ0) is 25.1. The number of allylic oxidation sites excluding steroid dienone is 1. The number of hydrazine groups is 1. The third kappa shape index (κ3) is 4.72. The summed E-state index contributed by atoms with van der Waals surface area (Å²) in [6.07, 6.45) is 6.54. The van der Waals surface area contributed by atoms with Gasteiger partial charge < -0.3 is 13.9 Å². The van der Waals surface area contributed by atoms with Gasteiger partial charge in [-0.1, -0.05) is 24.3 Å². The molecule has 8 heteroatoms. The largest absolute Gasteiger partial charge is 0.497 e. The average molecular weight is 502 g/mol. The number of hydrogen-bond acceptors (Lipinski definition) is 6. The molecule has 2 heterocycles. The molecule has 2 aliphatic rings. The van der Waals surface area contributed by atoms with Crippen LogP contribution in [0.3, 0.4) is 0 Å². The van der Waals surface area contributed by atoms with E-state index < -0.39 is 0 Å². The first-order chi connectivity index (χ1) is 17.6. The summed E-state index contributed by atoms with van der Waals surface area (Å²) >= 11 is 5.71. The highest BCUT2D eigenvalue weighted by Crippen LogP contribution is 2.44. The van der Waals surface area contributed by atoms with Crippen LogP contribution < -0.4 is 20.2 Å². The standard InChI is InChI=1S/C28H27N3O4S/c1-33-21-12-8-18(9-13-21)17-20-5-3-6-23-25(20)30-31(26(23)19-10-14-22(34-2)15-11-19)28(36)29-27(32)24-7-4-16-35-24/h4,7-17,26,30H,3,5-6H2,1-2H3,(H,29,32,36)/b20-17+/t26-/m1/s1. The lowest BCUT2D eigenvalue weighted by molar-refractivity contribution is 0.0943. The number of nitrogens with one attached hydrogen (secondary N) is 2. The minimum absolute atomic E-state index is 0.171. The molecule has 2 N–H and O–H groups in total. The number of amides is 1. The SMILES string of the molecule is COc1ccc(/C=C2\CCCC3=C2NN(C(=S)NC(=O)c2ccco2)[C@@H]3c2ccc(OC)cc2)cc1. The topological polar surface area (TPSA) is 76.0 Å². The van der Waals surface area contributed by atoms with Crippen molar-refractivity contribution in [2.45, 2.75) is 25.3 Å².